The summed E-state index contributed by atoms with van der Waals surface area (Å²) in [6, 6.07) is -0.00952. The van der Waals surface area contributed by atoms with E-state index in [-0.39, 0.29) is 25.2 Å². The fourth-order valence-corrected chi connectivity index (χ4v) is 2.44. The van der Waals surface area contributed by atoms with Gasteiger partial charge in [-0.25, -0.2) is 9.59 Å². The highest BCUT2D eigenvalue weighted by Crippen LogP contribution is 2.11. The molecule has 2 amide bonds. The standard InChI is InChI=1S/C11H20N2O4S/c1-8(7-18-3)12(2)11(16)13-4-5-17-9(6-13)10(14)15/h8-9H,4-7H2,1-3H3,(H,14,15). The number of ether oxygens (including phenoxy) is 1. The van der Waals surface area contributed by atoms with Crippen molar-refractivity contribution in [3.63, 3.8) is 0 Å². The molecule has 1 heterocycles. The molecule has 1 aliphatic heterocycles. The Morgan fingerprint density at radius 3 is 2.83 bits per heavy atom. The van der Waals surface area contributed by atoms with Gasteiger partial charge in [0.15, 0.2) is 6.10 Å². The third-order valence-corrected chi connectivity index (χ3v) is 3.80. The van der Waals surface area contributed by atoms with Gasteiger partial charge in [-0.3, -0.25) is 0 Å². The summed E-state index contributed by atoms with van der Waals surface area (Å²) in [6.45, 7) is 2.81. The molecule has 2 unspecified atom stereocenters. The third kappa shape index (κ3) is 3.78. The molecule has 104 valence electrons. The van der Waals surface area contributed by atoms with E-state index in [4.69, 9.17) is 9.84 Å². The molecule has 7 heteroatoms. The molecule has 1 N–H and O–H groups in total. The Morgan fingerprint density at radius 1 is 1.61 bits per heavy atom. The Balaban J connectivity index is 2.57. The predicted molar refractivity (Wildman–Crippen MR) is 70.0 cm³/mol. The smallest absolute Gasteiger partial charge is 0.334 e. The first kappa shape index (κ1) is 15.1. The van der Waals surface area contributed by atoms with Crippen molar-refractivity contribution in [2.24, 2.45) is 0 Å². The molecule has 0 aliphatic carbocycles. The molecule has 0 aromatic heterocycles. The number of urea groups is 1. The van der Waals surface area contributed by atoms with Crippen LogP contribution in [0, 0.1) is 0 Å². The van der Waals surface area contributed by atoms with Crippen LogP contribution in [0.4, 0.5) is 4.79 Å². The van der Waals surface area contributed by atoms with E-state index in [9.17, 15) is 9.59 Å². The lowest BCUT2D eigenvalue weighted by molar-refractivity contribution is -0.154. The Bertz CT molecular complexity index is 313. The summed E-state index contributed by atoms with van der Waals surface area (Å²) >= 11 is 1.68. The normalized spacial score (nSPS) is 21.5. The van der Waals surface area contributed by atoms with Gasteiger partial charge in [0.25, 0.3) is 0 Å². The molecule has 1 fully saturated rings. The highest BCUT2D eigenvalue weighted by Gasteiger charge is 2.31. The summed E-state index contributed by atoms with van der Waals surface area (Å²) in [5, 5.41) is 8.89. The topological polar surface area (TPSA) is 70.1 Å². The SMILES string of the molecule is CSCC(C)N(C)C(=O)N1CCOC(C(=O)O)C1. The van der Waals surface area contributed by atoms with Gasteiger partial charge >= 0.3 is 12.0 Å². The first-order valence-corrected chi connectivity index (χ1v) is 7.21. The van der Waals surface area contributed by atoms with Crippen molar-refractivity contribution in [2.45, 2.75) is 19.1 Å². The van der Waals surface area contributed by atoms with Crippen molar-refractivity contribution < 1.29 is 19.4 Å². The van der Waals surface area contributed by atoms with Crippen LogP contribution in [0.15, 0.2) is 0 Å². The number of rotatable bonds is 4. The number of amides is 2. The Kier molecular flexibility index (Phi) is 5.74. The maximum Gasteiger partial charge on any atom is 0.334 e. The molecule has 18 heavy (non-hydrogen) atoms. The monoisotopic (exact) mass is 276 g/mol. The number of thioether (sulfide) groups is 1. The van der Waals surface area contributed by atoms with Gasteiger partial charge in [-0.2, -0.15) is 11.8 Å². The fourth-order valence-electron chi connectivity index (χ4n) is 1.74. The first-order chi connectivity index (χ1) is 8.47. The number of carbonyl (C=O) groups is 2. The van der Waals surface area contributed by atoms with Crippen LogP contribution < -0.4 is 0 Å². The lowest BCUT2D eigenvalue weighted by atomic mass is 10.2. The molecule has 1 saturated heterocycles. The second-order valence-corrected chi connectivity index (χ2v) is 5.25. The van der Waals surface area contributed by atoms with Crippen LogP contribution >= 0.6 is 11.8 Å². The van der Waals surface area contributed by atoms with E-state index in [1.165, 1.54) is 0 Å². The molecule has 0 radical (unpaired) electrons. The molecular weight excluding hydrogens is 256 g/mol. The van der Waals surface area contributed by atoms with Crippen molar-refractivity contribution in [3.05, 3.63) is 0 Å². The number of nitrogens with zero attached hydrogens (tertiary/aromatic N) is 2. The van der Waals surface area contributed by atoms with E-state index in [1.807, 2.05) is 13.2 Å². The zero-order valence-corrected chi connectivity index (χ0v) is 11.8. The van der Waals surface area contributed by atoms with Crippen molar-refractivity contribution in [1.29, 1.82) is 0 Å². The Morgan fingerprint density at radius 2 is 2.28 bits per heavy atom. The van der Waals surface area contributed by atoms with Crippen LogP contribution in [0.3, 0.4) is 0 Å². The van der Waals surface area contributed by atoms with Crippen molar-refractivity contribution in [2.75, 3.05) is 38.8 Å². The maximum absolute atomic E-state index is 12.2. The van der Waals surface area contributed by atoms with E-state index in [0.717, 1.165) is 5.75 Å². The zero-order chi connectivity index (χ0) is 13.7. The van der Waals surface area contributed by atoms with Crippen molar-refractivity contribution in [1.82, 2.24) is 9.80 Å². The summed E-state index contributed by atoms with van der Waals surface area (Å²) in [4.78, 5) is 26.2. The highest BCUT2D eigenvalue weighted by molar-refractivity contribution is 7.98. The zero-order valence-electron chi connectivity index (χ0n) is 11.0. The van der Waals surface area contributed by atoms with Gasteiger partial charge in [-0.05, 0) is 13.2 Å². The molecule has 0 saturated carbocycles. The van der Waals surface area contributed by atoms with E-state index < -0.39 is 12.1 Å². The van der Waals surface area contributed by atoms with Gasteiger partial charge in [0.1, 0.15) is 0 Å². The quantitative estimate of drug-likeness (QED) is 0.813. The van der Waals surface area contributed by atoms with Gasteiger partial charge < -0.3 is 19.6 Å². The lowest BCUT2D eigenvalue weighted by Crippen LogP contribution is -2.53. The van der Waals surface area contributed by atoms with Gasteiger partial charge in [-0.1, -0.05) is 0 Å². The highest BCUT2D eigenvalue weighted by atomic mass is 32.2. The molecular formula is C11H20N2O4S. The van der Waals surface area contributed by atoms with Gasteiger partial charge in [0, 0.05) is 25.4 Å². The van der Waals surface area contributed by atoms with Crippen LogP contribution in [0.5, 0.6) is 0 Å². The summed E-state index contributed by atoms with van der Waals surface area (Å²) in [5.41, 5.74) is 0. The van der Waals surface area contributed by atoms with Crippen LogP contribution in [0.2, 0.25) is 0 Å². The van der Waals surface area contributed by atoms with Crippen LogP contribution in [0.1, 0.15) is 6.92 Å². The number of hydrogen-bond donors (Lipinski definition) is 1. The van der Waals surface area contributed by atoms with Crippen LogP contribution in [-0.4, -0.2) is 77.8 Å². The number of carboxylic acid groups (broad SMARTS) is 1. The molecule has 1 aliphatic rings. The van der Waals surface area contributed by atoms with Crippen LogP contribution in [-0.2, 0) is 9.53 Å². The molecule has 0 aromatic rings. The minimum atomic E-state index is -1.02. The molecule has 0 aromatic carbocycles. The average Bonchev–Trinajstić information content (AvgIpc) is 2.37. The van der Waals surface area contributed by atoms with Crippen molar-refractivity contribution >= 4 is 23.8 Å². The van der Waals surface area contributed by atoms with Gasteiger partial charge in [0.2, 0.25) is 0 Å². The second-order valence-electron chi connectivity index (χ2n) is 4.34. The summed E-state index contributed by atoms with van der Waals surface area (Å²) in [6.07, 6.45) is 1.08. The first-order valence-electron chi connectivity index (χ1n) is 5.82. The van der Waals surface area contributed by atoms with E-state index in [0.29, 0.717) is 6.54 Å². The molecule has 0 spiro atoms. The number of hydrogen-bond acceptors (Lipinski definition) is 4. The minimum absolute atomic E-state index is 0.116. The fraction of sp³-hybridized carbons (Fsp3) is 0.818. The third-order valence-electron chi connectivity index (χ3n) is 2.98. The average molecular weight is 276 g/mol. The van der Waals surface area contributed by atoms with E-state index in [1.54, 1.807) is 28.6 Å². The number of carbonyl (C=O) groups excluding carboxylic acids is 1. The summed E-state index contributed by atoms with van der Waals surface area (Å²) < 4.78 is 5.09. The number of morpholine rings is 1. The number of carboxylic acids is 1. The minimum Gasteiger partial charge on any atom is -0.479 e. The summed E-state index contributed by atoms with van der Waals surface area (Å²) in [7, 11) is 1.74. The van der Waals surface area contributed by atoms with Gasteiger partial charge in [-0.15, -0.1) is 0 Å². The largest absolute Gasteiger partial charge is 0.479 e. The van der Waals surface area contributed by atoms with Crippen LogP contribution in [0.25, 0.3) is 0 Å². The van der Waals surface area contributed by atoms with E-state index in [2.05, 4.69) is 0 Å². The van der Waals surface area contributed by atoms with E-state index >= 15 is 0 Å². The lowest BCUT2D eigenvalue weighted by Gasteiger charge is -2.35. The van der Waals surface area contributed by atoms with Gasteiger partial charge in [0.05, 0.1) is 13.2 Å². The predicted octanol–water partition coefficient (Wildman–Crippen LogP) is 0.575. The Hall–Kier alpha value is -0.950. The second kappa shape index (κ2) is 6.84. The molecule has 6 nitrogen and oxygen atoms in total. The van der Waals surface area contributed by atoms with Crippen molar-refractivity contribution in [3.8, 4) is 0 Å². The number of aliphatic carboxylic acids is 1. The summed E-state index contributed by atoms with van der Waals surface area (Å²) in [5.74, 6) is -0.165. The maximum atomic E-state index is 12.2. The Labute approximate surface area is 111 Å². The molecule has 1 rings (SSSR count). The molecule has 2 atom stereocenters. The molecule has 0 bridgehead atoms.